The molecule has 3 heterocycles. The monoisotopic (exact) mass is 607 g/mol. The highest BCUT2D eigenvalue weighted by Crippen LogP contribution is 2.39. The Hall–Kier alpha value is -3.60. The van der Waals surface area contributed by atoms with Gasteiger partial charge in [0.2, 0.25) is 14.7 Å². The van der Waals surface area contributed by atoms with Gasteiger partial charge in [0.1, 0.15) is 5.82 Å². The zero-order valence-electron chi connectivity index (χ0n) is 21.8. The summed E-state index contributed by atoms with van der Waals surface area (Å²) in [5, 5.41) is 2.78. The normalized spacial score (nSPS) is 13.2. The maximum Gasteiger partial charge on any atom is 0.269 e. The first-order chi connectivity index (χ1) is 18.5. The van der Waals surface area contributed by atoms with E-state index in [-0.39, 0.29) is 32.9 Å². The number of fused-ring (bicyclic) bond motifs is 1. The van der Waals surface area contributed by atoms with Gasteiger partial charge in [-0.25, -0.2) is 44.4 Å². The lowest BCUT2D eigenvalue weighted by atomic mass is 9.88. The molecule has 0 aliphatic rings. The molecule has 0 radical (unpaired) electrons. The Bertz CT molecular complexity index is 1880. The minimum Gasteiger partial charge on any atom is -0.363 e. The molecule has 0 amide bonds. The van der Waals surface area contributed by atoms with Crippen LogP contribution in [0.3, 0.4) is 0 Å². The van der Waals surface area contributed by atoms with E-state index < -0.39 is 53.7 Å². The van der Waals surface area contributed by atoms with Crippen molar-refractivity contribution in [2.75, 3.05) is 11.1 Å². The molecule has 0 aliphatic carbocycles. The lowest BCUT2D eigenvalue weighted by Gasteiger charge is -2.31. The second-order valence-corrected chi connectivity index (χ2v) is 14.9. The fourth-order valence-electron chi connectivity index (χ4n) is 3.99. The maximum atomic E-state index is 15.1. The van der Waals surface area contributed by atoms with Gasteiger partial charge in [-0.1, -0.05) is 38.5 Å². The van der Waals surface area contributed by atoms with Crippen molar-refractivity contribution in [1.29, 1.82) is 0 Å². The van der Waals surface area contributed by atoms with Crippen molar-refractivity contribution in [3.8, 4) is 11.3 Å². The third-order valence-electron chi connectivity index (χ3n) is 6.21. The summed E-state index contributed by atoms with van der Waals surface area (Å²) in [4.78, 5) is 11.5. The molecule has 1 aromatic carbocycles. The molecule has 1 atom stereocenters. The smallest absolute Gasteiger partial charge is 0.269 e. The molecule has 0 aliphatic heterocycles. The summed E-state index contributed by atoms with van der Waals surface area (Å²) >= 11 is 0. The predicted octanol–water partition coefficient (Wildman–Crippen LogP) is 5.87. The van der Waals surface area contributed by atoms with E-state index >= 15 is 4.39 Å². The lowest BCUT2D eigenvalue weighted by Crippen LogP contribution is -2.39. The molecular formula is C26H24ClF2N5O4S2. The fraction of sp³-hybridized carbons (Fsp3) is 0.269. The topological polar surface area (TPSA) is 115 Å². The van der Waals surface area contributed by atoms with Crippen molar-refractivity contribution in [1.82, 2.24) is 13.9 Å². The molecule has 0 saturated carbocycles. The Kier molecular flexibility index (Phi) is 7.66. The molecule has 14 heteroatoms. The van der Waals surface area contributed by atoms with Gasteiger partial charge in [-0.2, -0.15) is 0 Å². The summed E-state index contributed by atoms with van der Waals surface area (Å²) in [7, 11) is -2.75. The van der Waals surface area contributed by atoms with Crippen LogP contribution in [0.25, 0.3) is 27.1 Å². The van der Waals surface area contributed by atoms with Gasteiger partial charge in [0, 0.05) is 33.9 Å². The van der Waals surface area contributed by atoms with Crippen molar-refractivity contribution in [3.05, 3.63) is 77.4 Å². The lowest BCUT2D eigenvalue weighted by molar-refractivity contribution is 0.358. The molecule has 0 unspecified atom stereocenters. The summed E-state index contributed by atoms with van der Waals surface area (Å²) in [6.45, 7) is 14.5. The van der Waals surface area contributed by atoms with Crippen LogP contribution in [-0.2, 0) is 19.1 Å². The molecular weight excluding hydrogens is 584 g/mol. The zero-order valence-corrected chi connectivity index (χ0v) is 24.2. The summed E-state index contributed by atoms with van der Waals surface area (Å²) < 4.78 is 81.1. The van der Waals surface area contributed by atoms with Crippen LogP contribution in [0, 0.1) is 30.5 Å². The Labute approximate surface area is 235 Å². The van der Waals surface area contributed by atoms with Gasteiger partial charge in [0.15, 0.2) is 17.3 Å². The van der Waals surface area contributed by atoms with Crippen LogP contribution < -0.4 is 5.32 Å². The number of aromatic nitrogens is 3. The average molecular weight is 608 g/mol. The number of rotatable bonds is 7. The van der Waals surface area contributed by atoms with Gasteiger partial charge in [0.25, 0.3) is 10.0 Å². The third-order valence-corrected chi connectivity index (χ3v) is 8.98. The van der Waals surface area contributed by atoms with E-state index in [1.807, 2.05) is 0 Å². The van der Waals surface area contributed by atoms with E-state index in [4.69, 9.17) is 17.3 Å². The first-order valence-corrected chi connectivity index (χ1v) is 15.7. The first kappa shape index (κ1) is 29.4. The van der Waals surface area contributed by atoms with Crippen molar-refractivity contribution < 1.29 is 25.6 Å². The predicted molar refractivity (Wildman–Crippen MR) is 149 cm³/mol. The minimum atomic E-state index is -4.22. The van der Waals surface area contributed by atoms with Gasteiger partial charge in [-0.3, -0.25) is 0 Å². The Morgan fingerprint density at radius 2 is 1.77 bits per heavy atom. The summed E-state index contributed by atoms with van der Waals surface area (Å²) in [5.74, 6) is -2.67. The molecule has 0 saturated heterocycles. The molecule has 4 rings (SSSR count). The quantitative estimate of drug-likeness (QED) is 0.206. The van der Waals surface area contributed by atoms with E-state index in [9.17, 15) is 21.2 Å². The molecule has 0 spiro atoms. The molecule has 0 bridgehead atoms. The third kappa shape index (κ3) is 5.94. The van der Waals surface area contributed by atoms with Crippen LogP contribution in [0.4, 0.5) is 20.3 Å². The molecule has 9 nitrogen and oxygen atoms in total. The van der Waals surface area contributed by atoms with Gasteiger partial charge >= 0.3 is 0 Å². The fourth-order valence-corrected chi connectivity index (χ4v) is 6.67. The molecule has 0 fully saturated rings. The van der Waals surface area contributed by atoms with E-state index in [1.54, 1.807) is 39.8 Å². The van der Waals surface area contributed by atoms with Crippen molar-refractivity contribution in [3.63, 3.8) is 0 Å². The standard InChI is InChI=1S/C26H24ClF2N5O4S2/c1-15-6-8-17(9-7-15)40(37,38)34-13-19(18-10-16(28)12-31-25(18)34)23-21(30-5)11-20(29)24(33-23)32-22(26(2,3)4)14-39(27,35)36/h6-13,22H,14H2,1-4H3,(H,32,33)/t22-/m1/s1. The SMILES string of the molecule is [C-]#[N+]c1cc(F)c(N[C@H](CS(=O)(=O)Cl)C(C)(C)C)nc1-c1cn(S(=O)(=O)c2ccc(C)cc2)c2ncc(F)cc12. The number of hydrogen-bond donors (Lipinski definition) is 1. The van der Waals surface area contributed by atoms with Crippen LogP contribution in [0.1, 0.15) is 26.3 Å². The minimum absolute atomic E-state index is 0.00371. The van der Waals surface area contributed by atoms with Crippen LogP contribution in [-0.4, -0.2) is 42.6 Å². The van der Waals surface area contributed by atoms with E-state index in [1.165, 1.54) is 12.1 Å². The van der Waals surface area contributed by atoms with E-state index in [2.05, 4.69) is 20.1 Å². The second-order valence-electron chi connectivity index (χ2n) is 10.2. The Morgan fingerprint density at radius 1 is 1.12 bits per heavy atom. The largest absolute Gasteiger partial charge is 0.363 e. The van der Waals surface area contributed by atoms with Crippen LogP contribution in [0.2, 0.25) is 0 Å². The highest BCUT2D eigenvalue weighted by Gasteiger charge is 2.31. The van der Waals surface area contributed by atoms with Gasteiger partial charge in [-0.15, -0.1) is 0 Å². The number of nitrogens with one attached hydrogen (secondary N) is 1. The number of anilines is 1. The molecule has 210 valence electrons. The average Bonchev–Trinajstić information content (AvgIpc) is 3.22. The molecule has 1 N–H and O–H groups in total. The Morgan fingerprint density at radius 3 is 2.35 bits per heavy atom. The molecule has 3 aromatic heterocycles. The van der Waals surface area contributed by atoms with Crippen LogP contribution >= 0.6 is 10.7 Å². The van der Waals surface area contributed by atoms with E-state index in [0.717, 1.165) is 34.1 Å². The van der Waals surface area contributed by atoms with Gasteiger partial charge < -0.3 is 5.32 Å². The zero-order chi connectivity index (χ0) is 29.6. The van der Waals surface area contributed by atoms with Crippen LogP contribution in [0.5, 0.6) is 0 Å². The van der Waals surface area contributed by atoms with Crippen molar-refractivity contribution in [2.45, 2.75) is 38.6 Å². The van der Waals surface area contributed by atoms with Gasteiger partial charge in [0.05, 0.1) is 29.1 Å². The number of halogens is 3. The number of hydrogen-bond acceptors (Lipinski definition) is 7. The summed E-state index contributed by atoms with van der Waals surface area (Å²) in [6.07, 6.45) is 2.00. The molecule has 4 aromatic rings. The number of pyridine rings is 2. The van der Waals surface area contributed by atoms with E-state index in [0.29, 0.717) is 0 Å². The van der Waals surface area contributed by atoms with Gasteiger partial charge in [-0.05, 0) is 36.6 Å². The highest BCUT2D eigenvalue weighted by atomic mass is 35.7. The number of aryl methyl sites for hydroxylation is 1. The second kappa shape index (κ2) is 10.4. The highest BCUT2D eigenvalue weighted by molar-refractivity contribution is 8.13. The number of benzene rings is 1. The van der Waals surface area contributed by atoms with Crippen molar-refractivity contribution in [2.24, 2.45) is 5.41 Å². The Balaban J connectivity index is 1.95. The summed E-state index contributed by atoms with van der Waals surface area (Å²) in [5.41, 5.74) is -0.449. The number of nitrogens with zero attached hydrogens (tertiary/aromatic N) is 4. The first-order valence-electron chi connectivity index (χ1n) is 11.8. The van der Waals surface area contributed by atoms with Crippen molar-refractivity contribution >= 4 is 52.3 Å². The van der Waals surface area contributed by atoms with Crippen LogP contribution in [0.15, 0.2) is 53.7 Å². The summed E-state index contributed by atoms with van der Waals surface area (Å²) in [6, 6.07) is 7.11. The molecule has 40 heavy (non-hydrogen) atoms. The maximum absolute atomic E-state index is 15.1.